The van der Waals surface area contributed by atoms with Gasteiger partial charge in [0.05, 0.1) is 22.3 Å². The minimum atomic E-state index is -0.468. The summed E-state index contributed by atoms with van der Waals surface area (Å²) in [5.74, 6) is -0.0764. The Morgan fingerprint density at radius 3 is 2.57 bits per heavy atom. The summed E-state index contributed by atoms with van der Waals surface area (Å²) in [4.78, 5) is 15.1. The molecule has 4 aromatic rings. The largest absolute Gasteiger partial charge is 0.369 e. The lowest BCUT2D eigenvalue weighted by Crippen LogP contribution is -2.43. The van der Waals surface area contributed by atoms with Crippen molar-refractivity contribution in [3.8, 4) is 0 Å². The first kappa shape index (κ1) is 18.7. The zero-order valence-electron chi connectivity index (χ0n) is 16.7. The summed E-state index contributed by atoms with van der Waals surface area (Å²) in [6, 6.07) is 4.73. The van der Waals surface area contributed by atoms with E-state index >= 15 is 4.39 Å². The fourth-order valence-electron chi connectivity index (χ4n) is 3.90. The Bertz CT molecular complexity index is 1260. The number of piperazine rings is 1. The maximum Gasteiger partial charge on any atom is 0.173 e. The standard InChI is InChI=1S/C21H21F2N7/c1-12-10-30-11-14(7-17(23)21(30)25-12)28-20-19-16(22)8-15(29-5-3-24-4-6-29)9-18(19)26-13(2)27-20/h7-11,24H,3-6H2,1-2H3,(H,26,27,28). The van der Waals surface area contributed by atoms with Gasteiger partial charge in [-0.1, -0.05) is 0 Å². The van der Waals surface area contributed by atoms with E-state index in [1.54, 1.807) is 30.6 Å². The van der Waals surface area contributed by atoms with Crippen LogP contribution in [0.1, 0.15) is 11.5 Å². The number of nitrogens with one attached hydrogen (secondary N) is 2. The minimum Gasteiger partial charge on any atom is -0.369 e. The van der Waals surface area contributed by atoms with E-state index in [9.17, 15) is 4.39 Å². The normalized spacial score (nSPS) is 14.6. The lowest BCUT2D eigenvalue weighted by molar-refractivity contribution is 0.586. The molecule has 3 aromatic heterocycles. The van der Waals surface area contributed by atoms with Crippen LogP contribution in [0.5, 0.6) is 0 Å². The van der Waals surface area contributed by atoms with E-state index in [1.807, 2.05) is 6.07 Å². The van der Waals surface area contributed by atoms with Gasteiger partial charge in [0.15, 0.2) is 11.5 Å². The molecular weight excluding hydrogens is 388 g/mol. The Labute approximate surface area is 171 Å². The third kappa shape index (κ3) is 3.30. The SMILES string of the molecule is Cc1cn2cc(Nc3nc(C)nc4cc(N5CCNCC5)cc(F)c34)cc(F)c2n1. The van der Waals surface area contributed by atoms with E-state index in [-0.39, 0.29) is 11.0 Å². The summed E-state index contributed by atoms with van der Waals surface area (Å²) in [7, 11) is 0. The second kappa shape index (κ2) is 7.17. The summed E-state index contributed by atoms with van der Waals surface area (Å²) in [5, 5.41) is 6.64. The maximum atomic E-state index is 15.2. The van der Waals surface area contributed by atoms with Crippen molar-refractivity contribution in [2.24, 2.45) is 0 Å². The highest BCUT2D eigenvalue weighted by molar-refractivity contribution is 5.93. The molecule has 1 aliphatic rings. The molecule has 0 aliphatic carbocycles. The van der Waals surface area contributed by atoms with Crippen LogP contribution >= 0.6 is 0 Å². The summed E-state index contributed by atoms with van der Waals surface area (Å²) in [5.41, 5.74) is 2.71. The smallest absolute Gasteiger partial charge is 0.173 e. The highest BCUT2D eigenvalue weighted by Gasteiger charge is 2.18. The summed E-state index contributed by atoms with van der Waals surface area (Å²) in [6.45, 7) is 6.89. The summed E-state index contributed by atoms with van der Waals surface area (Å²) >= 11 is 0. The first-order chi connectivity index (χ1) is 14.5. The number of pyridine rings is 1. The quantitative estimate of drug-likeness (QED) is 0.541. The van der Waals surface area contributed by atoms with Gasteiger partial charge in [-0.05, 0) is 26.0 Å². The van der Waals surface area contributed by atoms with Crippen LogP contribution in [0.4, 0.5) is 26.0 Å². The average molecular weight is 409 g/mol. The number of hydrogen-bond acceptors (Lipinski definition) is 6. The predicted molar refractivity (Wildman–Crippen MR) is 112 cm³/mol. The number of anilines is 3. The average Bonchev–Trinajstić information content (AvgIpc) is 3.08. The fraction of sp³-hybridized carbons (Fsp3) is 0.286. The van der Waals surface area contributed by atoms with Gasteiger partial charge in [-0.3, -0.25) is 0 Å². The molecule has 7 nitrogen and oxygen atoms in total. The molecule has 0 saturated carbocycles. The van der Waals surface area contributed by atoms with Crippen molar-refractivity contribution in [1.82, 2.24) is 24.7 Å². The number of fused-ring (bicyclic) bond motifs is 2. The number of rotatable bonds is 3. The molecule has 1 saturated heterocycles. The zero-order chi connectivity index (χ0) is 20.8. The molecule has 0 amide bonds. The van der Waals surface area contributed by atoms with Crippen LogP contribution in [-0.4, -0.2) is 45.5 Å². The molecular formula is C21H21F2N7. The van der Waals surface area contributed by atoms with E-state index in [2.05, 4.69) is 30.5 Å². The lowest BCUT2D eigenvalue weighted by atomic mass is 10.1. The molecule has 4 heterocycles. The highest BCUT2D eigenvalue weighted by atomic mass is 19.1. The predicted octanol–water partition coefficient (Wildman–Crippen LogP) is 3.33. The second-order valence-electron chi connectivity index (χ2n) is 7.49. The molecule has 0 unspecified atom stereocenters. The number of aromatic nitrogens is 4. The number of halogens is 2. The maximum absolute atomic E-state index is 15.2. The molecule has 1 aromatic carbocycles. The first-order valence-electron chi connectivity index (χ1n) is 9.83. The number of aryl methyl sites for hydroxylation is 2. The van der Waals surface area contributed by atoms with Crippen molar-refractivity contribution in [2.45, 2.75) is 13.8 Å². The minimum absolute atomic E-state index is 0.244. The first-order valence-corrected chi connectivity index (χ1v) is 9.83. The molecule has 1 fully saturated rings. The van der Waals surface area contributed by atoms with Gasteiger partial charge in [-0.2, -0.15) is 0 Å². The fourth-order valence-corrected chi connectivity index (χ4v) is 3.90. The Hall–Kier alpha value is -3.33. The van der Waals surface area contributed by atoms with Crippen molar-refractivity contribution in [3.05, 3.63) is 53.7 Å². The van der Waals surface area contributed by atoms with Gasteiger partial charge in [0, 0.05) is 50.3 Å². The van der Waals surface area contributed by atoms with E-state index in [0.717, 1.165) is 31.9 Å². The van der Waals surface area contributed by atoms with Gasteiger partial charge in [0.1, 0.15) is 17.5 Å². The van der Waals surface area contributed by atoms with Crippen molar-refractivity contribution < 1.29 is 8.78 Å². The van der Waals surface area contributed by atoms with E-state index in [1.165, 1.54) is 12.1 Å². The molecule has 0 radical (unpaired) electrons. The van der Waals surface area contributed by atoms with Crippen LogP contribution in [0.3, 0.4) is 0 Å². The third-order valence-corrected chi connectivity index (χ3v) is 5.22. The summed E-state index contributed by atoms with van der Waals surface area (Å²) < 4.78 is 31.2. The van der Waals surface area contributed by atoms with Crippen LogP contribution in [0.2, 0.25) is 0 Å². The molecule has 0 spiro atoms. The number of hydrogen-bond donors (Lipinski definition) is 2. The van der Waals surface area contributed by atoms with Gasteiger partial charge < -0.3 is 19.9 Å². The van der Waals surface area contributed by atoms with Crippen molar-refractivity contribution in [3.63, 3.8) is 0 Å². The van der Waals surface area contributed by atoms with E-state index in [0.29, 0.717) is 28.5 Å². The van der Waals surface area contributed by atoms with E-state index in [4.69, 9.17) is 0 Å². The topological polar surface area (TPSA) is 70.4 Å². The van der Waals surface area contributed by atoms with Crippen molar-refractivity contribution in [1.29, 1.82) is 0 Å². The Balaban J connectivity index is 1.59. The Morgan fingerprint density at radius 1 is 0.967 bits per heavy atom. The number of imidazole rings is 1. The number of benzene rings is 1. The number of nitrogens with zero attached hydrogens (tertiary/aromatic N) is 5. The van der Waals surface area contributed by atoms with Crippen LogP contribution < -0.4 is 15.5 Å². The molecule has 2 N–H and O–H groups in total. The van der Waals surface area contributed by atoms with Crippen molar-refractivity contribution in [2.75, 3.05) is 36.4 Å². The molecule has 1 aliphatic heterocycles. The van der Waals surface area contributed by atoms with Gasteiger partial charge >= 0.3 is 0 Å². The monoisotopic (exact) mass is 409 g/mol. The highest BCUT2D eigenvalue weighted by Crippen LogP contribution is 2.31. The molecule has 154 valence electrons. The molecule has 0 bridgehead atoms. The second-order valence-corrected chi connectivity index (χ2v) is 7.49. The van der Waals surface area contributed by atoms with Crippen LogP contribution in [0, 0.1) is 25.5 Å². The zero-order valence-corrected chi connectivity index (χ0v) is 16.7. The lowest BCUT2D eigenvalue weighted by Gasteiger charge is -2.29. The van der Waals surface area contributed by atoms with Gasteiger partial charge in [0.2, 0.25) is 0 Å². The summed E-state index contributed by atoms with van der Waals surface area (Å²) in [6.07, 6.45) is 3.43. The van der Waals surface area contributed by atoms with Crippen LogP contribution in [0.25, 0.3) is 16.6 Å². The van der Waals surface area contributed by atoms with Crippen LogP contribution in [-0.2, 0) is 0 Å². The molecule has 9 heteroatoms. The van der Waals surface area contributed by atoms with Gasteiger partial charge in [-0.15, -0.1) is 0 Å². The van der Waals surface area contributed by atoms with Crippen LogP contribution in [0.15, 0.2) is 30.6 Å². The molecule has 30 heavy (non-hydrogen) atoms. The Morgan fingerprint density at radius 2 is 1.77 bits per heavy atom. The van der Waals surface area contributed by atoms with Crippen molar-refractivity contribution >= 4 is 33.7 Å². The van der Waals surface area contributed by atoms with E-state index < -0.39 is 11.6 Å². The third-order valence-electron chi connectivity index (χ3n) is 5.22. The Kier molecular flexibility index (Phi) is 4.47. The van der Waals surface area contributed by atoms with Gasteiger partial charge in [0.25, 0.3) is 0 Å². The molecule has 5 rings (SSSR count). The van der Waals surface area contributed by atoms with Gasteiger partial charge in [-0.25, -0.2) is 23.7 Å². The molecule has 0 atom stereocenters.